The van der Waals surface area contributed by atoms with Crippen molar-refractivity contribution in [3.63, 3.8) is 0 Å². The summed E-state index contributed by atoms with van der Waals surface area (Å²) in [5.74, 6) is 0.115. The van der Waals surface area contributed by atoms with E-state index in [1.54, 1.807) is 10.7 Å². The number of H-pyrrole nitrogens is 1. The molecule has 0 spiro atoms. The van der Waals surface area contributed by atoms with Crippen molar-refractivity contribution in [3.8, 4) is 11.3 Å². The number of anilines is 1. The summed E-state index contributed by atoms with van der Waals surface area (Å²) in [5.41, 5.74) is 6.92. The number of fused-ring (bicyclic) bond motifs is 2. The predicted molar refractivity (Wildman–Crippen MR) is 115 cm³/mol. The van der Waals surface area contributed by atoms with Crippen LogP contribution >= 0.6 is 0 Å². The van der Waals surface area contributed by atoms with Gasteiger partial charge in [0.1, 0.15) is 5.82 Å². The van der Waals surface area contributed by atoms with Crippen LogP contribution in [-0.4, -0.2) is 35.9 Å². The third-order valence-corrected chi connectivity index (χ3v) is 6.33. The zero-order valence-corrected chi connectivity index (χ0v) is 17.2. The Kier molecular flexibility index (Phi) is 3.89. The first-order chi connectivity index (χ1) is 15.2. The van der Waals surface area contributed by atoms with Gasteiger partial charge in [-0.2, -0.15) is 10.2 Å². The molecule has 0 amide bonds. The molecular formula is C23H22N6O2. The maximum Gasteiger partial charge on any atom is 0.356 e. The summed E-state index contributed by atoms with van der Waals surface area (Å²) in [6, 6.07) is 8.46. The summed E-state index contributed by atoms with van der Waals surface area (Å²) in [7, 11) is 0. The van der Waals surface area contributed by atoms with Gasteiger partial charge in [-0.1, -0.05) is 31.2 Å². The molecule has 1 aliphatic heterocycles. The van der Waals surface area contributed by atoms with Gasteiger partial charge in [0.05, 0.1) is 11.9 Å². The van der Waals surface area contributed by atoms with Gasteiger partial charge in [-0.25, -0.2) is 14.3 Å². The molecule has 0 bridgehead atoms. The van der Waals surface area contributed by atoms with Gasteiger partial charge in [0.25, 0.3) is 0 Å². The molecule has 1 aliphatic carbocycles. The summed E-state index contributed by atoms with van der Waals surface area (Å²) in [6.07, 6.45) is 6.28. The molecule has 4 aromatic rings. The molecule has 3 aromatic heterocycles. The second kappa shape index (κ2) is 6.66. The Morgan fingerprint density at radius 3 is 2.55 bits per heavy atom. The minimum atomic E-state index is -1.00. The van der Waals surface area contributed by atoms with Crippen molar-refractivity contribution >= 4 is 17.4 Å². The fourth-order valence-electron chi connectivity index (χ4n) is 4.74. The zero-order valence-electron chi connectivity index (χ0n) is 17.2. The van der Waals surface area contributed by atoms with Crippen LogP contribution in [0.2, 0.25) is 0 Å². The van der Waals surface area contributed by atoms with Gasteiger partial charge in [-0.15, -0.1) is 0 Å². The smallest absolute Gasteiger partial charge is 0.356 e. The van der Waals surface area contributed by atoms with Crippen LogP contribution < -0.4 is 4.90 Å². The molecule has 0 saturated heterocycles. The van der Waals surface area contributed by atoms with Crippen molar-refractivity contribution in [2.75, 3.05) is 4.90 Å². The van der Waals surface area contributed by atoms with Crippen molar-refractivity contribution in [1.29, 1.82) is 0 Å². The Morgan fingerprint density at radius 1 is 1.23 bits per heavy atom. The minimum Gasteiger partial charge on any atom is -0.476 e. The fraction of sp³-hybridized carbons (Fsp3) is 0.304. The van der Waals surface area contributed by atoms with Gasteiger partial charge in [-0.3, -0.25) is 5.10 Å². The molecule has 6 rings (SSSR count). The van der Waals surface area contributed by atoms with Crippen LogP contribution in [-0.2, 0) is 19.5 Å². The fourth-order valence-corrected chi connectivity index (χ4v) is 4.74. The Balaban J connectivity index is 1.64. The van der Waals surface area contributed by atoms with Crippen molar-refractivity contribution in [3.05, 3.63) is 64.6 Å². The Hall–Kier alpha value is -3.68. The first kappa shape index (κ1) is 18.1. The van der Waals surface area contributed by atoms with Crippen LogP contribution in [0.1, 0.15) is 58.4 Å². The highest BCUT2D eigenvalue weighted by atomic mass is 16.4. The lowest BCUT2D eigenvalue weighted by atomic mass is 10.1. The van der Waals surface area contributed by atoms with E-state index in [1.165, 1.54) is 11.1 Å². The van der Waals surface area contributed by atoms with Crippen LogP contribution in [0.15, 0.2) is 36.7 Å². The first-order valence-corrected chi connectivity index (χ1v) is 10.6. The van der Waals surface area contributed by atoms with E-state index in [0.29, 0.717) is 5.65 Å². The Labute approximate surface area is 178 Å². The topological polar surface area (TPSA) is 99.4 Å². The molecule has 8 heteroatoms. The molecule has 1 saturated carbocycles. The lowest BCUT2D eigenvalue weighted by Gasteiger charge is -2.22. The van der Waals surface area contributed by atoms with Crippen LogP contribution in [0.3, 0.4) is 0 Å². The number of hydrogen-bond acceptors (Lipinski definition) is 5. The average molecular weight is 414 g/mol. The molecule has 8 nitrogen and oxygen atoms in total. The van der Waals surface area contributed by atoms with E-state index < -0.39 is 5.97 Å². The van der Waals surface area contributed by atoms with E-state index in [2.05, 4.69) is 51.4 Å². The van der Waals surface area contributed by atoms with Crippen molar-refractivity contribution in [1.82, 2.24) is 24.8 Å². The van der Waals surface area contributed by atoms with Crippen molar-refractivity contribution < 1.29 is 9.90 Å². The van der Waals surface area contributed by atoms with Gasteiger partial charge in [0.2, 0.25) is 0 Å². The zero-order chi connectivity index (χ0) is 21.1. The lowest BCUT2D eigenvalue weighted by molar-refractivity contribution is 0.0689. The molecule has 31 heavy (non-hydrogen) atoms. The second-order valence-corrected chi connectivity index (χ2v) is 8.30. The summed E-state index contributed by atoms with van der Waals surface area (Å²) in [4.78, 5) is 19.4. The molecule has 0 unspecified atom stereocenters. The number of carbonyl (C=O) groups is 1. The summed E-state index contributed by atoms with van der Waals surface area (Å²) in [6.45, 7) is 3.67. The number of aromatic nitrogens is 5. The van der Waals surface area contributed by atoms with Crippen LogP contribution in [0.5, 0.6) is 0 Å². The van der Waals surface area contributed by atoms with Crippen LogP contribution in [0, 0.1) is 0 Å². The molecule has 2 N–H and O–H groups in total. The average Bonchev–Trinajstić information content (AvgIpc) is 3.19. The number of aromatic amines is 1. The van der Waals surface area contributed by atoms with Gasteiger partial charge in [-0.05, 0) is 36.3 Å². The standard InChI is InChI=1S/C23H22N6O2/c1-2-17-20(16-9-24-25-10-16)29-22(18(13-7-8-13)19(27-29)23(30)31)26-21(17)28-11-14-5-3-4-6-15(14)12-28/h3-6,9-10,13H,2,7-8,11-12H2,1H3,(H,24,25)(H,30,31). The third kappa shape index (κ3) is 2.74. The molecule has 0 radical (unpaired) electrons. The molecular weight excluding hydrogens is 392 g/mol. The second-order valence-electron chi connectivity index (χ2n) is 8.30. The number of hydrogen-bond donors (Lipinski definition) is 2. The molecule has 1 aromatic carbocycles. The van der Waals surface area contributed by atoms with Crippen LogP contribution in [0.4, 0.5) is 5.82 Å². The van der Waals surface area contributed by atoms with Crippen molar-refractivity contribution in [2.45, 2.75) is 45.2 Å². The molecule has 1 fully saturated rings. The monoisotopic (exact) mass is 414 g/mol. The number of carboxylic acids is 1. The number of nitrogens with one attached hydrogen (secondary N) is 1. The SMILES string of the molecule is CCc1c(N2Cc3ccccc3C2)nc2c(C3CC3)c(C(=O)O)nn2c1-c1cn[nH]c1. The maximum absolute atomic E-state index is 12.0. The van der Waals surface area contributed by atoms with Gasteiger partial charge in [0.15, 0.2) is 11.3 Å². The highest BCUT2D eigenvalue weighted by molar-refractivity contribution is 5.91. The summed E-state index contributed by atoms with van der Waals surface area (Å²) < 4.78 is 1.73. The van der Waals surface area contributed by atoms with Crippen LogP contribution in [0.25, 0.3) is 16.9 Å². The third-order valence-electron chi connectivity index (χ3n) is 6.33. The molecule has 2 aliphatic rings. The number of carboxylic acid groups (broad SMARTS) is 1. The van der Waals surface area contributed by atoms with Gasteiger partial charge in [0, 0.05) is 36.0 Å². The normalized spacial score (nSPS) is 15.6. The van der Waals surface area contributed by atoms with E-state index >= 15 is 0 Å². The van der Waals surface area contributed by atoms with E-state index in [9.17, 15) is 9.90 Å². The number of rotatable bonds is 5. The number of benzene rings is 1. The minimum absolute atomic E-state index is 0.114. The van der Waals surface area contributed by atoms with Gasteiger partial charge < -0.3 is 10.0 Å². The predicted octanol–water partition coefficient (Wildman–Crippen LogP) is 3.78. The Morgan fingerprint density at radius 2 is 1.97 bits per heavy atom. The van der Waals surface area contributed by atoms with E-state index in [0.717, 1.165) is 60.6 Å². The molecule has 0 atom stereocenters. The molecule has 4 heterocycles. The Bertz CT molecular complexity index is 1290. The number of nitrogens with zero attached hydrogens (tertiary/aromatic N) is 5. The number of aromatic carboxylic acids is 1. The van der Waals surface area contributed by atoms with Crippen molar-refractivity contribution in [2.24, 2.45) is 0 Å². The quantitative estimate of drug-likeness (QED) is 0.516. The lowest BCUT2D eigenvalue weighted by Crippen LogP contribution is -2.20. The van der Waals surface area contributed by atoms with E-state index in [4.69, 9.17) is 4.98 Å². The largest absolute Gasteiger partial charge is 0.476 e. The summed E-state index contributed by atoms with van der Waals surface area (Å²) in [5, 5.41) is 21.4. The molecule has 156 valence electrons. The summed E-state index contributed by atoms with van der Waals surface area (Å²) >= 11 is 0. The van der Waals surface area contributed by atoms with E-state index in [1.807, 2.05) is 6.20 Å². The highest BCUT2D eigenvalue weighted by Gasteiger charge is 2.36. The van der Waals surface area contributed by atoms with Gasteiger partial charge >= 0.3 is 5.97 Å². The first-order valence-electron chi connectivity index (χ1n) is 10.6. The maximum atomic E-state index is 12.0. The highest BCUT2D eigenvalue weighted by Crippen LogP contribution is 2.45. The van der Waals surface area contributed by atoms with E-state index in [-0.39, 0.29) is 11.6 Å².